The van der Waals surface area contributed by atoms with E-state index in [9.17, 15) is 9.90 Å². The van der Waals surface area contributed by atoms with Gasteiger partial charge in [0.2, 0.25) is 0 Å². The van der Waals surface area contributed by atoms with Crippen LogP contribution in [0.2, 0.25) is 0 Å². The van der Waals surface area contributed by atoms with Gasteiger partial charge in [-0.15, -0.1) is 0 Å². The van der Waals surface area contributed by atoms with E-state index in [2.05, 4.69) is 10.1 Å². The van der Waals surface area contributed by atoms with Gasteiger partial charge < -0.3 is 10.2 Å². The number of aliphatic carboxylic acids is 1. The van der Waals surface area contributed by atoms with E-state index in [4.69, 9.17) is 1.43 Å². The third-order valence-corrected chi connectivity index (χ3v) is 2.87. The molecular formula is C16H15NO3. The first-order valence-corrected chi connectivity index (χ1v) is 6.23. The normalized spacial score (nSPS) is 12.9. The van der Waals surface area contributed by atoms with Crippen molar-refractivity contribution in [3.05, 3.63) is 65.7 Å². The van der Waals surface area contributed by atoms with Gasteiger partial charge in [-0.05, 0) is 17.7 Å². The lowest BCUT2D eigenvalue weighted by atomic mass is 10.1. The number of benzene rings is 2. The summed E-state index contributed by atoms with van der Waals surface area (Å²) < 4.78 is 6.96. The Morgan fingerprint density at radius 2 is 1.90 bits per heavy atom. The predicted molar refractivity (Wildman–Crippen MR) is 77.3 cm³/mol. The lowest BCUT2D eigenvalue weighted by Gasteiger charge is -2.07. The maximum Gasteiger partial charge on any atom is 0.328 e. The molecule has 1 atom stereocenters. The van der Waals surface area contributed by atoms with E-state index in [1.807, 2.05) is 30.3 Å². The van der Waals surface area contributed by atoms with Crippen LogP contribution in [0, 0.1) is 0 Å². The Kier molecular flexibility index (Phi) is 4.05. The van der Waals surface area contributed by atoms with Crippen LogP contribution in [0.1, 0.15) is 11.1 Å². The van der Waals surface area contributed by atoms with Gasteiger partial charge in [-0.3, -0.25) is 4.99 Å². The summed E-state index contributed by atoms with van der Waals surface area (Å²) in [6.07, 6.45) is 1.75. The van der Waals surface area contributed by atoms with Crippen LogP contribution in [0.4, 0.5) is 0 Å². The molecule has 0 radical (unpaired) electrons. The van der Waals surface area contributed by atoms with E-state index < -0.39 is 12.0 Å². The first-order chi connectivity index (χ1) is 10.2. The molecule has 0 amide bonds. The van der Waals surface area contributed by atoms with Gasteiger partial charge in [0.15, 0.2) is 6.04 Å². The Hall–Kier alpha value is -2.62. The minimum atomic E-state index is -0.987. The summed E-state index contributed by atoms with van der Waals surface area (Å²) in [5.74, 6) is -0.649. The molecule has 4 nitrogen and oxygen atoms in total. The van der Waals surface area contributed by atoms with E-state index in [0.717, 1.165) is 5.56 Å². The molecule has 20 heavy (non-hydrogen) atoms. The number of hydrogen-bond acceptors (Lipinski definition) is 3. The summed E-state index contributed by atoms with van der Waals surface area (Å²) in [5, 5.41) is 13.7. The van der Waals surface area contributed by atoms with Gasteiger partial charge in [0, 0.05) is 18.2 Å². The van der Waals surface area contributed by atoms with Gasteiger partial charge in [0.25, 0.3) is 1.43 Å². The molecule has 0 aliphatic heterocycles. The molecule has 0 spiro atoms. The van der Waals surface area contributed by atoms with Crippen molar-refractivity contribution in [3.8, 4) is 5.75 Å². The Morgan fingerprint density at radius 3 is 2.60 bits per heavy atom. The number of carboxylic acids is 1. The summed E-state index contributed by atoms with van der Waals surface area (Å²) in [4.78, 5) is 15.4. The summed E-state index contributed by atoms with van der Waals surface area (Å²) >= 11 is 0. The molecule has 0 unspecified atom stereocenters. The van der Waals surface area contributed by atoms with Crippen LogP contribution < -0.4 is 0 Å². The lowest BCUT2D eigenvalue weighted by Crippen LogP contribution is -2.20. The standard InChI is InChI=1S/C16H15NO3/c18-15-9-5-4-8-13(15)11-17-14(16(19)20)10-12-6-2-1-3-7-12/h1-9,11,14,18H,10H2,(H,19,20)/t14-/m0/s1/i/hD. The average Bonchev–Trinajstić information content (AvgIpc) is 2.52. The summed E-state index contributed by atoms with van der Waals surface area (Å²) in [6.45, 7) is 0. The molecule has 0 bridgehead atoms. The van der Waals surface area contributed by atoms with Crippen molar-refractivity contribution in [2.75, 3.05) is 0 Å². The zero-order valence-electron chi connectivity index (χ0n) is 11.8. The van der Waals surface area contributed by atoms with E-state index >= 15 is 0 Å². The molecule has 2 aromatic rings. The van der Waals surface area contributed by atoms with Crippen LogP contribution in [0.25, 0.3) is 0 Å². The summed E-state index contributed by atoms with van der Waals surface area (Å²) in [6, 6.07) is 15.3. The third kappa shape index (κ3) is 3.68. The molecule has 102 valence electrons. The highest BCUT2D eigenvalue weighted by Crippen LogP contribution is 2.14. The van der Waals surface area contributed by atoms with Gasteiger partial charge in [0.1, 0.15) is 5.75 Å². The van der Waals surface area contributed by atoms with E-state index in [-0.39, 0.29) is 0 Å². The first-order valence-electron chi connectivity index (χ1n) is 6.63. The molecular weight excluding hydrogens is 254 g/mol. The topological polar surface area (TPSA) is 69.9 Å². The highest BCUT2D eigenvalue weighted by atomic mass is 16.4. The Balaban J connectivity index is 2.16. The molecule has 0 aliphatic carbocycles. The molecule has 0 saturated heterocycles. The fraction of sp³-hybridized carbons (Fsp3) is 0.125. The number of phenols is 1. The van der Waals surface area contributed by atoms with Crippen LogP contribution in [0.5, 0.6) is 5.75 Å². The third-order valence-electron chi connectivity index (χ3n) is 2.87. The maximum atomic E-state index is 11.3. The van der Waals surface area contributed by atoms with Crippen molar-refractivity contribution in [1.29, 1.82) is 1.43 Å². The number of nitrogens with zero attached hydrogens (tertiary/aromatic N) is 1. The number of para-hydroxylation sites is 1. The van der Waals surface area contributed by atoms with Crippen molar-refractivity contribution in [3.63, 3.8) is 0 Å². The Labute approximate surface area is 118 Å². The zero-order valence-corrected chi connectivity index (χ0v) is 10.8. The second kappa shape index (κ2) is 6.52. The highest BCUT2D eigenvalue weighted by Gasteiger charge is 2.15. The summed E-state index contributed by atoms with van der Waals surface area (Å²) in [7, 11) is 0. The Morgan fingerprint density at radius 1 is 1.20 bits per heavy atom. The maximum absolute atomic E-state index is 11.3. The molecule has 0 fully saturated rings. The quantitative estimate of drug-likeness (QED) is 0.792. The second-order valence-electron chi connectivity index (χ2n) is 4.36. The van der Waals surface area contributed by atoms with Crippen LogP contribution >= 0.6 is 0 Å². The fourth-order valence-corrected chi connectivity index (χ4v) is 1.80. The molecule has 2 N–H and O–H groups in total. The monoisotopic (exact) mass is 270 g/mol. The van der Waals surface area contributed by atoms with E-state index in [0.29, 0.717) is 17.7 Å². The van der Waals surface area contributed by atoms with Gasteiger partial charge in [-0.25, -0.2) is 4.79 Å². The Bertz CT molecular complexity index is 628. The van der Waals surface area contributed by atoms with E-state index in [1.165, 1.54) is 6.21 Å². The van der Waals surface area contributed by atoms with Crippen LogP contribution in [-0.4, -0.2) is 29.9 Å². The number of carboxylic acid groups (broad SMARTS) is 1. The number of rotatable bonds is 6. The molecule has 0 aromatic heterocycles. The minimum absolute atomic E-state index is 0.316. The van der Waals surface area contributed by atoms with Crippen LogP contribution in [0.15, 0.2) is 59.6 Å². The smallest absolute Gasteiger partial charge is 0.328 e. The molecule has 2 rings (SSSR count). The van der Waals surface area contributed by atoms with Crippen molar-refractivity contribution < 1.29 is 15.0 Å². The number of carbonyl (C=O) groups is 1. The second-order valence-corrected chi connectivity index (χ2v) is 4.36. The SMILES string of the molecule is [2H]Oc1ccccc1C=N[C@@H](Cc1ccccc1)C(=O)O. The first kappa shape index (κ1) is 12.4. The fourth-order valence-electron chi connectivity index (χ4n) is 1.80. The highest BCUT2D eigenvalue weighted by molar-refractivity contribution is 5.86. The van der Waals surface area contributed by atoms with Crippen molar-refractivity contribution in [2.24, 2.45) is 4.99 Å². The van der Waals surface area contributed by atoms with Crippen molar-refractivity contribution in [2.45, 2.75) is 12.5 Å². The molecule has 0 saturated carbocycles. The molecule has 4 heteroatoms. The number of hydrogen-bond donors (Lipinski definition) is 2. The molecule has 2 aromatic carbocycles. The van der Waals surface area contributed by atoms with Gasteiger partial charge >= 0.3 is 5.97 Å². The molecule has 0 aliphatic rings. The van der Waals surface area contributed by atoms with Crippen molar-refractivity contribution >= 4 is 12.2 Å². The lowest BCUT2D eigenvalue weighted by molar-refractivity contribution is -0.138. The van der Waals surface area contributed by atoms with Gasteiger partial charge in [-0.2, -0.15) is 0 Å². The van der Waals surface area contributed by atoms with E-state index in [1.54, 1.807) is 24.3 Å². The largest absolute Gasteiger partial charge is 0.507 e. The number of phenolic OH excluding ortho intramolecular Hbond substituents is 1. The van der Waals surface area contributed by atoms with Crippen LogP contribution in [0.3, 0.4) is 0 Å². The predicted octanol–water partition coefficient (Wildman–Crippen LogP) is 2.51. The summed E-state index contributed by atoms with van der Waals surface area (Å²) in [5.41, 5.74) is 1.49. The average molecular weight is 270 g/mol. The number of aliphatic imine (C=N–C) groups is 1. The van der Waals surface area contributed by atoms with Crippen molar-refractivity contribution in [1.82, 2.24) is 0 Å². The number of aromatic hydroxyl groups is 1. The molecule has 0 heterocycles. The van der Waals surface area contributed by atoms with Gasteiger partial charge in [-0.1, -0.05) is 42.5 Å². The minimum Gasteiger partial charge on any atom is -0.507 e. The van der Waals surface area contributed by atoms with Crippen LogP contribution in [-0.2, 0) is 11.2 Å². The van der Waals surface area contributed by atoms with Gasteiger partial charge in [0.05, 0.1) is 0 Å². The zero-order chi connectivity index (χ0) is 15.1.